The maximum atomic E-state index is 12.0. The van der Waals surface area contributed by atoms with Crippen LogP contribution < -0.4 is 5.32 Å². The van der Waals surface area contributed by atoms with Crippen molar-refractivity contribution in [3.8, 4) is 5.82 Å². The highest BCUT2D eigenvalue weighted by atomic mass is 16.6. The summed E-state index contributed by atoms with van der Waals surface area (Å²) in [5.74, 6) is -0.830. The summed E-state index contributed by atoms with van der Waals surface area (Å²) in [5, 5.41) is 15.7. The average molecular weight is 318 g/mol. The Morgan fingerprint density at radius 3 is 2.61 bits per heavy atom. The molecule has 0 fully saturated rings. The van der Waals surface area contributed by atoms with Gasteiger partial charge in [-0.25, -0.2) is 14.6 Å². The van der Waals surface area contributed by atoms with E-state index in [4.69, 9.17) is 4.74 Å². The molecule has 2 heterocycles. The highest BCUT2D eigenvalue weighted by Gasteiger charge is 2.23. The summed E-state index contributed by atoms with van der Waals surface area (Å²) in [6.45, 7) is 7.01. The molecular weight excluding hydrogens is 300 g/mol. The zero-order valence-corrected chi connectivity index (χ0v) is 13.3. The molecule has 2 N–H and O–H groups in total. The quantitative estimate of drug-likeness (QED) is 0.901. The lowest BCUT2D eigenvalue weighted by Gasteiger charge is -2.20. The van der Waals surface area contributed by atoms with E-state index in [0.717, 1.165) is 11.8 Å². The molecule has 1 amide bonds. The number of amides is 1. The minimum Gasteiger partial charge on any atom is -0.477 e. The van der Waals surface area contributed by atoms with E-state index in [2.05, 4.69) is 15.4 Å². The smallest absolute Gasteiger partial charge is 0.413 e. The molecule has 0 radical (unpaired) electrons. The number of hydrogen-bond donors (Lipinski definition) is 2. The predicted molar refractivity (Wildman–Crippen MR) is 82.9 cm³/mol. The number of carbonyl (C=O) groups excluding carboxylic acids is 1. The Kier molecular flexibility index (Phi) is 4.35. The molecule has 0 spiro atoms. The van der Waals surface area contributed by atoms with Crippen LogP contribution in [0.1, 0.15) is 36.7 Å². The normalized spacial score (nSPS) is 11.1. The molecule has 0 aliphatic heterocycles. The highest BCUT2D eigenvalue weighted by molar-refractivity contribution is 5.97. The molecule has 23 heavy (non-hydrogen) atoms. The lowest BCUT2D eigenvalue weighted by atomic mass is 10.2. The number of carboxylic acid groups (broad SMARTS) is 1. The van der Waals surface area contributed by atoms with Crippen molar-refractivity contribution in [2.45, 2.75) is 33.3 Å². The molecule has 2 aromatic rings. The molecule has 0 aromatic carbocycles. The first-order valence-electron chi connectivity index (χ1n) is 6.92. The number of pyridine rings is 1. The van der Waals surface area contributed by atoms with Gasteiger partial charge in [-0.05, 0) is 45.4 Å². The number of rotatable bonds is 3. The second-order valence-electron chi connectivity index (χ2n) is 5.94. The molecule has 0 unspecified atom stereocenters. The number of carbonyl (C=O) groups is 2. The summed E-state index contributed by atoms with van der Waals surface area (Å²) in [6.07, 6.45) is 1.96. The fourth-order valence-corrected chi connectivity index (χ4v) is 1.84. The summed E-state index contributed by atoms with van der Waals surface area (Å²) in [4.78, 5) is 27.4. The van der Waals surface area contributed by atoms with Crippen molar-refractivity contribution in [3.05, 3.63) is 35.7 Å². The van der Waals surface area contributed by atoms with Gasteiger partial charge in [-0.2, -0.15) is 9.78 Å². The largest absolute Gasteiger partial charge is 0.477 e. The Hall–Kier alpha value is -2.90. The minimum atomic E-state index is -1.21. The molecule has 122 valence electrons. The first-order valence-corrected chi connectivity index (χ1v) is 6.92. The van der Waals surface area contributed by atoms with Crippen molar-refractivity contribution >= 4 is 17.9 Å². The first-order chi connectivity index (χ1) is 10.7. The minimum absolute atomic E-state index is 0.00940. The van der Waals surface area contributed by atoms with Crippen molar-refractivity contribution in [3.63, 3.8) is 0 Å². The third-order valence-electron chi connectivity index (χ3n) is 2.74. The zero-order chi connectivity index (χ0) is 17.2. The van der Waals surface area contributed by atoms with E-state index in [1.165, 1.54) is 4.68 Å². The van der Waals surface area contributed by atoms with Crippen molar-refractivity contribution in [2.75, 3.05) is 5.32 Å². The van der Waals surface area contributed by atoms with Gasteiger partial charge in [0.1, 0.15) is 11.2 Å². The van der Waals surface area contributed by atoms with E-state index >= 15 is 0 Å². The Morgan fingerprint density at radius 1 is 1.35 bits per heavy atom. The van der Waals surface area contributed by atoms with Crippen LogP contribution in [0.5, 0.6) is 0 Å². The number of nitrogens with zero attached hydrogens (tertiary/aromatic N) is 3. The molecule has 8 heteroatoms. The summed E-state index contributed by atoms with van der Waals surface area (Å²) in [5.41, 5.74) is 0.0599. The Labute approximate surface area is 133 Å². The van der Waals surface area contributed by atoms with Gasteiger partial charge in [0, 0.05) is 6.20 Å². The Balaban J connectivity index is 2.42. The van der Waals surface area contributed by atoms with Gasteiger partial charge in [-0.15, -0.1) is 0 Å². The predicted octanol–water partition coefficient (Wildman–Crippen LogP) is 2.62. The number of carboxylic acids is 1. The molecule has 0 atom stereocenters. The van der Waals surface area contributed by atoms with Crippen LogP contribution in [-0.4, -0.2) is 37.5 Å². The fraction of sp³-hybridized carbons (Fsp3) is 0.333. The molecule has 0 saturated carbocycles. The molecule has 2 rings (SSSR count). The van der Waals surface area contributed by atoms with Gasteiger partial charge in [-0.3, -0.25) is 5.32 Å². The van der Waals surface area contributed by atoms with E-state index < -0.39 is 17.7 Å². The van der Waals surface area contributed by atoms with E-state index in [0.29, 0.717) is 5.82 Å². The molecule has 2 aromatic heterocycles. The van der Waals surface area contributed by atoms with Gasteiger partial charge in [0.15, 0.2) is 11.6 Å². The maximum Gasteiger partial charge on any atom is 0.413 e. The van der Waals surface area contributed by atoms with Gasteiger partial charge >= 0.3 is 12.1 Å². The van der Waals surface area contributed by atoms with Gasteiger partial charge < -0.3 is 9.84 Å². The topological polar surface area (TPSA) is 106 Å². The van der Waals surface area contributed by atoms with Crippen LogP contribution in [0.15, 0.2) is 24.5 Å². The maximum absolute atomic E-state index is 12.0. The van der Waals surface area contributed by atoms with E-state index in [1.807, 2.05) is 6.92 Å². The zero-order valence-electron chi connectivity index (χ0n) is 13.3. The summed E-state index contributed by atoms with van der Waals surface area (Å²) in [6, 6.07) is 3.52. The van der Waals surface area contributed by atoms with Crippen LogP contribution >= 0.6 is 0 Å². The third-order valence-corrected chi connectivity index (χ3v) is 2.74. The number of anilines is 1. The number of hydrogen-bond acceptors (Lipinski definition) is 5. The number of nitrogens with one attached hydrogen (secondary N) is 1. The molecule has 0 bridgehead atoms. The van der Waals surface area contributed by atoms with Gasteiger partial charge in [-0.1, -0.05) is 0 Å². The van der Waals surface area contributed by atoms with Crippen LogP contribution in [0.25, 0.3) is 5.82 Å². The summed E-state index contributed by atoms with van der Waals surface area (Å²) in [7, 11) is 0. The molecule has 0 aliphatic carbocycles. The van der Waals surface area contributed by atoms with Crippen LogP contribution in [0.4, 0.5) is 10.6 Å². The third kappa shape index (κ3) is 4.06. The number of aromatic carboxylic acids is 1. The second kappa shape index (κ2) is 6.07. The first kappa shape index (κ1) is 16.5. The average Bonchev–Trinajstić information content (AvgIpc) is 2.80. The summed E-state index contributed by atoms with van der Waals surface area (Å²) >= 11 is 0. The van der Waals surface area contributed by atoms with Gasteiger partial charge in [0.05, 0.1) is 6.20 Å². The SMILES string of the molecule is Cc1ccnc(-n2ncc(C(=O)O)c2NC(=O)OC(C)(C)C)c1. The number of aryl methyl sites for hydroxylation is 1. The van der Waals surface area contributed by atoms with Crippen molar-refractivity contribution in [1.82, 2.24) is 14.8 Å². The highest BCUT2D eigenvalue weighted by Crippen LogP contribution is 2.21. The van der Waals surface area contributed by atoms with Crippen LogP contribution in [-0.2, 0) is 4.74 Å². The fourth-order valence-electron chi connectivity index (χ4n) is 1.84. The van der Waals surface area contributed by atoms with Crippen molar-refractivity contribution in [1.29, 1.82) is 0 Å². The van der Waals surface area contributed by atoms with Crippen LogP contribution in [0.2, 0.25) is 0 Å². The Bertz CT molecular complexity index is 746. The van der Waals surface area contributed by atoms with E-state index in [1.54, 1.807) is 39.1 Å². The van der Waals surface area contributed by atoms with Crippen molar-refractivity contribution < 1.29 is 19.4 Å². The lowest BCUT2D eigenvalue weighted by molar-refractivity contribution is 0.0635. The lowest BCUT2D eigenvalue weighted by Crippen LogP contribution is -2.28. The number of ether oxygens (including phenoxy) is 1. The number of aromatic nitrogens is 3. The van der Waals surface area contributed by atoms with Gasteiger partial charge in [0.2, 0.25) is 0 Å². The molecule has 0 saturated heterocycles. The van der Waals surface area contributed by atoms with E-state index in [-0.39, 0.29) is 11.4 Å². The molecule has 8 nitrogen and oxygen atoms in total. The van der Waals surface area contributed by atoms with Gasteiger partial charge in [0.25, 0.3) is 0 Å². The Morgan fingerprint density at radius 2 is 2.04 bits per heavy atom. The standard InChI is InChI=1S/C15H18N4O4/c1-9-5-6-16-11(7-9)19-12(10(8-17-19)13(20)21)18-14(22)23-15(2,3)4/h5-8H,1-4H3,(H,18,22)(H,20,21). The molecule has 0 aliphatic rings. The van der Waals surface area contributed by atoms with Crippen LogP contribution in [0, 0.1) is 6.92 Å². The van der Waals surface area contributed by atoms with Crippen molar-refractivity contribution in [2.24, 2.45) is 0 Å². The summed E-state index contributed by atoms with van der Waals surface area (Å²) < 4.78 is 6.41. The van der Waals surface area contributed by atoms with E-state index in [9.17, 15) is 14.7 Å². The monoisotopic (exact) mass is 318 g/mol. The second-order valence-corrected chi connectivity index (χ2v) is 5.94. The van der Waals surface area contributed by atoms with Crippen LogP contribution in [0.3, 0.4) is 0 Å². The molecular formula is C15H18N4O4.